The van der Waals surface area contributed by atoms with Crippen molar-refractivity contribution in [1.82, 2.24) is 14.9 Å². The summed E-state index contributed by atoms with van der Waals surface area (Å²) in [5, 5.41) is 0. The van der Waals surface area contributed by atoms with Crippen LogP contribution < -0.4 is 4.74 Å². The summed E-state index contributed by atoms with van der Waals surface area (Å²) in [6.45, 7) is 2.08. The second-order valence-corrected chi connectivity index (χ2v) is 7.82. The molecule has 29 heavy (non-hydrogen) atoms. The van der Waals surface area contributed by atoms with E-state index in [-0.39, 0.29) is 24.6 Å². The third kappa shape index (κ3) is 3.37. The highest BCUT2D eigenvalue weighted by Gasteiger charge is 2.43. The lowest BCUT2D eigenvalue weighted by atomic mass is 9.99. The Labute approximate surface area is 170 Å². The zero-order valence-electron chi connectivity index (χ0n) is 16.4. The Morgan fingerprint density at radius 1 is 1.14 bits per heavy atom. The van der Waals surface area contributed by atoms with E-state index in [2.05, 4.69) is 4.98 Å². The molecule has 5 nitrogen and oxygen atoms in total. The second-order valence-electron chi connectivity index (χ2n) is 7.82. The van der Waals surface area contributed by atoms with Gasteiger partial charge in [0.05, 0.1) is 11.7 Å². The number of nitrogens with zero attached hydrogens (tertiary/aromatic N) is 3. The first kappa shape index (κ1) is 17.9. The highest BCUT2D eigenvalue weighted by Crippen LogP contribution is 2.43. The molecule has 1 aromatic heterocycles. The third-order valence-electron chi connectivity index (χ3n) is 5.86. The molecule has 2 bridgehead atoms. The van der Waals surface area contributed by atoms with Gasteiger partial charge in [-0.05, 0) is 37.5 Å². The first-order valence-electron chi connectivity index (χ1n) is 10.1. The molecule has 0 radical (unpaired) electrons. The molecular weight excluding hydrogens is 362 g/mol. The van der Waals surface area contributed by atoms with Crippen LogP contribution >= 0.6 is 0 Å². The Kier molecular flexibility index (Phi) is 4.51. The monoisotopic (exact) mass is 385 g/mol. The highest BCUT2D eigenvalue weighted by molar-refractivity contribution is 5.79. The fourth-order valence-corrected chi connectivity index (χ4v) is 4.51. The minimum atomic E-state index is 0.0387. The zero-order chi connectivity index (χ0) is 19.8. The average Bonchev–Trinajstić information content (AvgIpc) is 3.07. The number of hydrogen-bond donors (Lipinski definition) is 0. The van der Waals surface area contributed by atoms with Crippen LogP contribution in [0.2, 0.25) is 0 Å². The van der Waals surface area contributed by atoms with Crippen molar-refractivity contribution in [2.45, 2.75) is 38.3 Å². The topological polar surface area (TPSA) is 55.3 Å². The van der Waals surface area contributed by atoms with E-state index >= 15 is 0 Å². The molecule has 0 N–H and O–H groups in total. The molecule has 5 heteroatoms. The fourth-order valence-electron chi connectivity index (χ4n) is 4.51. The van der Waals surface area contributed by atoms with Crippen LogP contribution in [0.4, 0.5) is 0 Å². The van der Waals surface area contributed by atoms with Crippen molar-refractivity contribution in [1.29, 1.82) is 0 Å². The van der Waals surface area contributed by atoms with E-state index in [9.17, 15) is 4.79 Å². The van der Waals surface area contributed by atoms with Crippen molar-refractivity contribution in [3.05, 3.63) is 77.6 Å². The largest absolute Gasteiger partial charge is 0.484 e. The van der Waals surface area contributed by atoms with Gasteiger partial charge in [0.25, 0.3) is 5.91 Å². The zero-order valence-corrected chi connectivity index (χ0v) is 16.4. The van der Waals surface area contributed by atoms with Gasteiger partial charge in [-0.2, -0.15) is 0 Å². The molecular formula is C24H23N3O2. The Morgan fingerprint density at radius 2 is 2.00 bits per heavy atom. The number of benzene rings is 2. The number of aromatic nitrogens is 2. The fraction of sp³-hybridized carbons (Fsp3) is 0.292. The van der Waals surface area contributed by atoms with Crippen LogP contribution in [-0.2, 0) is 11.2 Å². The van der Waals surface area contributed by atoms with Gasteiger partial charge in [0.2, 0.25) is 0 Å². The maximum Gasteiger partial charge on any atom is 0.261 e. The van der Waals surface area contributed by atoms with Gasteiger partial charge in [0.15, 0.2) is 12.4 Å². The predicted octanol–water partition coefficient (Wildman–Crippen LogP) is 4.12. The maximum atomic E-state index is 13.0. The quantitative estimate of drug-likeness (QED) is 0.678. The van der Waals surface area contributed by atoms with Crippen LogP contribution in [-0.4, -0.2) is 33.4 Å². The molecule has 2 aliphatic rings. The number of amides is 1. The van der Waals surface area contributed by atoms with E-state index in [1.54, 1.807) is 0 Å². The smallest absolute Gasteiger partial charge is 0.261 e. The Bertz CT molecular complexity index is 1050. The van der Waals surface area contributed by atoms with E-state index in [0.717, 1.165) is 53.2 Å². The summed E-state index contributed by atoms with van der Waals surface area (Å²) in [4.78, 5) is 24.4. The molecule has 2 aliphatic heterocycles. The lowest BCUT2D eigenvalue weighted by Crippen LogP contribution is -2.44. The van der Waals surface area contributed by atoms with Crippen LogP contribution in [0, 0.1) is 6.92 Å². The van der Waals surface area contributed by atoms with Crippen molar-refractivity contribution in [3.63, 3.8) is 0 Å². The predicted molar refractivity (Wildman–Crippen MR) is 110 cm³/mol. The number of aryl methyl sites for hydroxylation is 1. The molecule has 3 heterocycles. The number of rotatable bonds is 4. The Balaban J connectivity index is 1.35. The third-order valence-corrected chi connectivity index (χ3v) is 5.86. The van der Waals surface area contributed by atoms with Gasteiger partial charge in [-0.25, -0.2) is 9.97 Å². The summed E-state index contributed by atoms with van der Waals surface area (Å²) in [6.07, 6.45) is 4.66. The van der Waals surface area contributed by atoms with Gasteiger partial charge >= 0.3 is 0 Å². The van der Waals surface area contributed by atoms with Gasteiger partial charge < -0.3 is 9.64 Å². The summed E-state index contributed by atoms with van der Waals surface area (Å²) in [5.74, 6) is 1.53. The van der Waals surface area contributed by atoms with E-state index < -0.39 is 0 Å². The van der Waals surface area contributed by atoms with Crippen LogP contribution in [0.1, 0.15) is 35.7 Å². The molecule has 1 saturated heterocycles. The van der Waals surface area contributed by atoms with Gasteiger partial charge in [-0.3, -0.25) is 4.79 Å². The lowest BCUT2D eigenvalue weighted by molar-refractivity contribution is -0.137. The summed E-state index contributed by atoms with van der Waals surface area (Å²) in [5.41, 5.74) is 4.30. The highest BCUT2D eigenvalue weighted by atomic mass is 16.5. The Hall–Kier alpha value is -3.21. The second kappa shape index (κ2) is 7.32. The van der Waals surface area contributed by atoms with Crippen molar-refractivity contribution in [2.24, 2.45) is 0 Å². The summed E-state index contributed by atoms with van der Waals surface area (Å²) in [7, 11) is 0. The molecule has 146 valence electrons. The molecule has 5 rings (SSSR count). The Morgan fingerprint density at radius 3 is 2.83 bits per heavy atom. The number of hydrogen-bond acceptors (Lipinski definition) is 4. The summed E-state index contributed by atoms with van der Waals surface area (Å²) in [6, 6.07) is 18.1. The minimum Gasteiger partial charge on any atom is -0.484 e. The molecule has 2 aromatic carbocycles. The van der Waals surface area contributed by atoms with E-state index in [0.29, 0.717) is 0 Å². The standard InChI is InChI=1S/C24H23N3O2/c1-16-6-5-9-19(12-16)29-15-23(28)27-18-10-11-22(27)20-14-25-24(26-21(20)13-18)17-7-3-2-4-8-17/h2-9,12,14,18,22H,10-11,13,15H2,1H3. The molecule has 2 unspecified atom stereocenters. The first-order chi connectivity index (χ1) is 14.2. The number of carbonyl (C=O) groups excluding carboxylic acids is 1. The summed E-state index contributed by atoms with van der Waals surface area (Å²) < 4.78 is 5.77. The minimum absolute atomic E-state index is 0.0387. The molecule has 0 saturated carbocycles. The van der Waals surface area contributed by atoms with E-state index in [4.69, 9.17) is 9.72 Å². The van der Waals surface area contributed by atoms with Crippen molar-refractivity contribution < 1.29 is 9.53 Å². The molecule has 1 fully saturated rings. The van der Waals surface area contributed by atoms with Crippen molar-refractivity contribution in [3.8, 4) is 17.1 Å². The van der Waals surface area contributed by atoms with Crippen LogP contribution in [0.3, 0.4) is 0 Å². The lowest BCUT2D eigenvalue weighted by Gasteiger charge is -2.35. The van der Waals surface area contributed by atoms with Gasteiger partial charge in [-0.15, -0.1) is 0 Å². The molecule has 1 amide bonds. The van der Waals surface area contributed by atoms with Crippen LogP contribution in [0.5, 0.6) is 5.75 Å². The number of fused-ring (bicyclic) bond motifs is 4. The number of carbonyl (C=O) groups is 1. The number of ether oxygens (including phenoxy) is 1. The molecule has 3 aromatic rings. The van der Waals surface area contributed by atoms with Crippen LogP contribution in [0.25, 0.3) is 11.4 Å². The maximum absolute atomic E-state index is 13.0. The average molecular weight is 385 g/mol. The SMILES string of the molecule is Cc1cccc(OCC(=O)N2C3CCC2c2cnc(-c4ccccc4)nc2C3)c1. The van der Waals surface area contributed by atoms with Crippen molar-refractivity contribution in [2.75, 3.05) is 6.61 Å². The summed E-state index contributed by atoms with van der Waals surface area (Å²) >= 11 is 0. The normalized spacial score (nSPS) is 19.7. The van der Waals surface area contributed by atoms with E-state index in [1.165, 1.54) is 0 Å². The molecule has 2 atom stereocenters. The van der Waals surface area contributed by atoms with Gasteiger partial charge in [0.1, 0.15) is 5.75 Å². The van der Waals surface area contributed by atoms with E-state index in [1.807, 2.05) is 72.6 Å². The molecule has 0 spiro atoms. The van der Waals surface area contributed by atoms with Crippen molar-refractivity contribution >= 4 is 5.91 Å². The molecule has 0 aliphatic carbocycles. The van der Waals surface area contributed by atoms with Gasteiger partial charge in [-0.1, -0.05) is 42.5 Å². The van der Waals surface area contributed by atoms with Gasteiger partial charge in [0, 0.05) is 29.8 Å². The van der Waals surface area contributed by atoms with Crippen LogP contribution in [0.15, 0.2) is 60.8 Å². The first-order valence-corrected chi connectivity index (χ1v) is 10.1.